The Morgan fingerprint density at radius 1 is 1.38 bits per heavy atom. The van der Waals surface area contributed by atoms with Gasteiger partial charge in [-0.15, -0.1) is 0 Å². The van der Waals surface area contributed by atoms with Crippen LogP contribution in [0.4, 0.5) is 5.69 Å². The van der Waals surface area contributed by atoms with Gasteiger partial charge in [0, 0.05) is 12.0 Å². The number of rotatable bonds is 3. The van der Waals surface area contributed by atoms with Crippen molar-refractivity contribution in [2.24, 2.45) is 5.14 Å². The van der Waals surface area contributed by atoms with E-state index in [1.807, 2.05) is 0 Å². The Bertz CT molecular complexity index is 514. The fourth-order valence-corrected chi connectivity index (χ4v) is 1.53. The monoisotopic (exact) mass is 240 g/mol. The predicted molar refractivity (Wildman–Crippen MR) is 61.8 cm³/mol. The van der Waals surface area contributed by atoms with E-state index in [1.165, 1.54) is 0 Å². The average molecular weight is 240 g/mol. The Morgan fingerprint density at radius 2 is 2.06 bits per heavy atom. The van der Waals surface area contributed by atoms with Crippen LogP contribution in [0.2, 0.25) is 0 Å². The molecule has 1 aromatic rings. The lowest BCUT2D eigenvalue weighted by atomic mass is 10.2. The van der Waals surface area contributed by atoms with Gasteiger partial charge in [0.05, 0.1) is 12.3 Å². The average Bonchev–Trinajstić information content (AvgIpc) is 2.19. The van der Waals surface area contributed by atoms with Gasteiger partial charge in [-0.3, -0.25) is 4.72 Å². The lowest BCUT2D eigenvalue weighted by Crippen LogP contribution is -2.22. The van der Waals surface area contributed by atoms with Gasteiger partial charge in [-0.1, -0.05) is 24.0 Å². The molecule has 0 saturated heterocycles. The molecule has 0 spiro atoms. The lowest BCUT2D eigenvalue weighted by Gasteiger charge is -2.05. The van der Waals surface area contributed by atoms with Crippen molar-refractivity contribution < 1.29 is 13.5 Å². The molecule has 0 saturated carbocycles. The highest BCUT2D eigenvalue weighted by molar-refractivity contribution is 7.90. The Labute approximate surface area is 94.5 Å². The number of anilines is 1. The summed E-state index contributed by atoms with van der Waals surface area (Å²) in [5, 5.41) is 13.4. The maximum Gasteiger partial charge on any atom is 0.296 e. The van der Waals surface area contributed by atoms with Crippen LogP contribution >= 0.6 is 0 Å². The summed E-state index contributed by atoms with van der Waals surface area (Å²) < 4.78 is 23.9. The number of hydrogen-bond acceptors (Lipinski definition) is 3. The second-order valence-electron chi connectivity index (χ2n) is 2.97. The van der Waals surface area contributed by atoms with Crippen molar-refractivity contribution in [3.05, 3.63) is 29.8 Å². The molecule has 1 rings (SSSR count). The Balaban J connectivity index is 2.98. The van der Waals surface area contributed by atoms with Crippen LogP contribution in [-0.2, 0) is 10.2 Å². The number of aliphatic hydroxyl groups is 1. The van der Waals surface area contributed by atoms with E-state index in [2.05, 4.69) is 16.6 Å². The molecule has 6 heteroatoms. The molecule has 0 heterocycles. The van der Waals surface area contributed by atoms with Gasteiger partial charge in [0.1, 0.15) is 0 Å². The van der Waals surface area contributed by atoms with Gasteiger partial charge in [0.2, 0.25) is 0 Å². The molecule has 1 aromatic carbocycles. The second-order valence-corrected chi connectivity index (χ2v) is 4.26. The second kappa shape index (κ2) is 5.51. The molecule has 5 nitrogen and oxygen atoms in total. The molecular formula is C10H12N2O3S. The summed E-state index contributed by atoms with van der Waals surface area (Å²) in [4.78, 5) is 0. The molecule has 16 heavy (non-hydrogen) atoms. The van der Waals surface area contributed by atoms with Gasteiger partial charge >= 0.3 is 0 Å². The molecule has 0 fully saturated rings. The van der Waals surface area contributed by atoms with Crippen LogP contribution in [0.3, 0.4) is 0 Å². The molecule has 4 N–H and O–H groups in total. The van der Waals surface area contributed by atoms with Crippen LogP contribution in [0.1, 0.15) is 12.0 Å². The minimum absolute atomic E-state index is 0.0300. The van der Waals surface area contributed by atoms with Crippen molar-refractivity contribution in [3.63, 3.8) is 0 Å². The van der Waals surface area contributed by atoms with E-state index in [0.29, 0.717) is 17.7 Å². The molecule has 0 atom stereocenters. The van der Waals surface area contributed by atoms with Gasteiger partial charge < -0.3 is 5.11 Å². The summed E-state index contributed by atoms with van der Waals surface area (Å²) in [6.45, 7) is -0.0300. The minimum atomic E-state index is -3.80. The van der Waals surface area contributed by atoms with Crippen molar-refractivity contribution in [1.29, 1.82) is 0 Å². The van der Waals surface area contributed by atoms with Gasteiger partial charge in [-0.05, 0) is 12.1 Å². The van der Waals surface area contributed by atoms with Crippen molar-refractivity contribution in [2.75, 3.05) is 11.3 Å². The van der Waals surface area contributed by atoms with Crippen LogP contribution in [0.5, 0.6) is 0 Å². The molecule has 0 radical (unpaired) electrons. The normalized spacial score (nSPS) is 10.4. The number of nitrogens with one attached hydrogen (secondary N) is 1. The van der Waals surface area contributed by atoms with E-state index >= 15 is 0 Å². The quantitative estimate of drug-likeness (QED) is 0.651. The highest BCUT2D eigenvalue weighted by Gasteiger charge is 2.04. The summed E-state index contributed by atoms with van der Waals surface area (Å²) in [7, 11) is -3.80. The van der Waals surface area contributed by atoms with Gasteiger partial charge in [-0.2, -0.15) is 8.42 Å². The molecular weight excluding hydrogens is 228 g/mol. The zero-order valence-corrected chi connectivity index (χ0v) is 9.29. The third-order valence-electron chi connectivity index (χ3n) is 1.64. The van der Waals surface area contributed by atoms with Crippen molar-refractivity contribution >= 4 is 15.9 Å². The molecule has 0 aliphatic rings. The first-order valence-corrected chi connectivity index (χ1v) is 6.07. The Kier molecular flexibility index (Phi) is 4.31. The minimum Gasteiger partial charge on any atom is -0.395 e. The van der Waals surface area contributed by atoms with Crippen LogP contribution in [0.25, 0.3) is 0 Å². The Hall–Kier alpha value is -1.55. The van der Waals surface area contributed by atoms with Crippen molar-refractivity contribution in [2.45, 2.75) is 6.42 Å². The van der Waals surface area contributed by atoms with E-state index < -0.39 is 10.2 Å². The first-order chi connectivity index (χ1) is 7.53. The number of para-hydroxylation sites is 1. The smallest absolute Gasteiger partial charge is 0.296 e. The van der Waals surface area contributed by atoms with E-state index in [4.69, 9.17) is 10.2 Å². The predicted octanol–water partition coefficient (Wildman–Crippen LogP) is 0.0359. The van der Waals surface area contributed by atoms with E-state index in [0.717, 1.165) is 0 Å². The summed E-state index contributed by atoms with van der Waals surface area (Å²) in [5.74, 6) is 5.45. The molecule has 0 amide bonds. The fourth-order valence-electron chi connectivity index (χ4n) is 1.05. The van der Waals surface area contributed by atoms with Crippen LogP contribution < -0.4 is 9.86 Å². The first kappa shape index (κ1) is 12.5. The molecule has 0 bridgehead atoms. The van der Waals surface area contributed by atoms with E-state index in [-0.39, 0.29) is 6.61 Å². The highest BCUT2D eigenvalue weighted by atomic mass is 32.2. The molecule has 0 unspecified atom stereocenters. The van der Waals surface area contributed by atoms with Crippen molar-refractivity contribution in [1.82, 2.24) is 0 Å². The summed E-state index contributed by atoms with van der Waals surface area (Å²) in [5.41, 5.74) is 0.848. The first-order valence-electron chi connectivity index (χ1n) is 4.52. The maximum atomic E-state index is 10.9. The van der Waals surface area contributed by atoms with Crippen LogP contribution in [-0.4, -0.2) is 20.1 Å². The van der Waals surface area contributed by atoms with E-state index in [1.54, 1.807) is 24.3 Å². The summed E-state index contributed by atoms with van der Waals surface area (Å²) >= 11 is 0. The van der Waals surface area contributed by atoms with Crippen LogP contribution in [0.15, 0.2) is 24.3 Å². The maximum absolute atomic E-state index is 10.9. The molecule has 0 aliphatic carbocycles. The van der Waals surface area contributed by atoms with Gasteiger partial charge in [-0.25, -0.2) is 5.14 Å². The molecule has 86 valence electrons. The standard InChI is InChI=1S/C10H12N2O3S/c11-16(14,15)12-10-7-2-1-5-9(10)6-3-4-8-13/h1-2,5,7,12-13H,4,8H2,(H2,11,14,15). The lowest BCUT2D eigenvalue weighted by molar-refractivity contribution is 0.305. The summed E-state index contributed by atoms with van der Waals surface area (Å²) in [6, 6.07) is 6.63. The summed E-state index contributed by atoms with van der Waals surface area (Å²) in [6.07, 6.45) is 0.337. The SMILES string of the molecule is NS(=O)(=O)Nc1ccccc1C#CCCO. The third-order valence-corrected chi connectivity index (χ3v) is 2.14. The molecule has 0 aromatic heterocycles. The van der Waals surface area contributed by atoms with Gasteiger partial charge in [0.25, 0.3) is 10.2 Å². The Morgan fingerprint density at radius 3 is 2.69 bits per heavy atom. The number of benzene rings is 1. The van der Waals surface area contributed by atoms with Crippen molar-refractivity contribution in [3.8, 4) is 11.8 Å². The number of hydrogen-bond donors (Lipinski definition) is 3. The highest BCUT2D eigenvalue weighted by Crippen LogP contribution is 2.14. The topological polar surface area (TPSA) is 92.4 Å². The fraction of sp³-hybridized carbons (Fsp3) is 0.200. The number of nitrogens with two attached hydrogens (primary N) is 1. The van der Waals surface area contributed by atoms with Gasteiger partial charge in [0.15, 0.2) is 0 Å². The van der Waals surface area contributed by atoms with E-state index in [9.17, 15) is 8.42 Å². The molecule has 0 aliphatic heterocycles. The largest absolute Gasteiger partial charge is 0.395 e. The zero-order chi connectivity index (χ0) is 12.0. The third kappa shape index (κ3) is 4.31. The number of aliphatic hydroxyl groups excluding tert-OH is 1. The zero-order valence-electron chi connectivity index (χ0n) is 8.47. The van der Waals surface area contributed by atoms with Crippen LogP contribution in [0, 0.1) is 11.8 Å².